The molecule has 1 aliphatic heterocycles. The van der Waals surface area contributed by atoms with Crippen LogP contribution in [0.2, 0.25) is 0 Å². The van der Waals surface area contributed by atoms with Gasteiger partial charge in [-0.05, 0) is 12.5 Å². The average Bonchev–Trinajstić information content (AvgIpc) is 2.71. The second-order valence-electron chi connectivity index (χ2n) is 3.12. The molecule has 0 aliphatic carbocycles. The molecule has 1 aromatic heterocycles. The van der Waals surface area contributed by atoms with Crippen LogP contribution in [-0.4, -0.2) is 30.2 Å². The first kappa shape index (κ1) is 8.44. The van der Waals surface area contributed by atoms with Crippen molar-refractivity contribution in [2.75, 3.05) is 25.6 Å². The zero-order valence-corrected chi connectivity index (χ0v) is 7.66. The van der Waals surface area contributed by atoms with E-state index in [1.54, 1.807) is 6.20 Å². The summed E-state index contributed by atoms with van der Waals surface area (Å²) in [4.78, 5) is 8.44. The highest BCUT2D eigenvalue weighted by atomic mass is 16.5. The van der Waals surface area contributed by atoms with E-state index in [2.05, 4.69) is 15.3 Å². The second kappa shape index (κ2) is 3.70. The molecule has 0 spiro atoms. The van der Waals surface area contributed by atoms with Crippen molar-refractivity contribution < 1.29 is 4.74 Å². The topological polar surface area (TPSA) is 47.0 Å². The Morgan fingerprint density at radius 3 is 3.23 bits per heavy atom. The Bertz CT molecular complexity index is 284. The predicted octanol–water partition coefficient (Wildman–Crippen LogP) is 1.02. The fourth-order valence-corrected chi connectivity index (χ4v) is 1.49. The van der Waals surface area contributed by atoms with Crippen LogP contribution in [0.25, 0.3) is 0 Å². The molecule has 70 valence electrons. The zero-order chi connectivity index (χ0) is 9.10. The molecule has 0 amide bonds. The molecule has 2 rings (SSSR count). The summed E-state index contributed by atoms with van der Waals surface area (Å²) in [5, 5.41) is 2.93. The van der Waals surface area contributed by atoms with Crippen molar-refractivity contribution in [3.63, 3.8) is 0 Å². The Hall–Kier alpha value is -1.16. The van der Waals surface area contributed by atoms with E-state index in [1.807, 2.05) is 13.1 Å². The molecule has 1 N–H and O–H groups in total. The normalized spacial score (nSPS) is 21.8. The lowest BCUT2D eigenvalue weighted by atomic mass is 10.1. The van der Waals surface area contributed by atoms with Gasteiger partial charge in [0.2, 0.25) is 5.95 Å². The van der Waals surface area contributed by atoms with Crippen molar-refractivity contribution >= 4 is 5.95 Å². The number of rotatable bonds is 2. The number of hydrogen-bond acceptors (Lipinski definition) is 4. The Morgan fingerprint density at radius 1 is 1.62 bits per heavy atom. The minimum atomic E-state index is 0.454. The van der Waals surface area contributed by atoms with E-state index in [-0.39, 0.29) is 0 Å². The highest BCUT2D eigenvalue weighted by Gasteiger charge is 2.19. The molecule has 1 atom stereocenters. The lowest BCUT2D eigenvalue weighted by molar-refractivity contribution is 0.193. The molecule has 0 radical (unpaired) electrons. The summed E-state index contributed by atoms with van der Waals surface area (Å²) in [7, 11) is 1.82. The van der Waals surface area contributed by atoms with Crippen molar-refractivity contribution in [2.45, 2.75) is 12.3 Å². The number of ether oxygens (including phenoxy) is 1. The Kier molecular flexibility index (Phi) is 2.40. The first-order valence-corrected chi connectivity index (χ1v) is 4.48. The van der Waals surface area contributed by atoms with Gasteiger partial charge < -0.3 is 10.1 Å². The third-order valence-corrected chi connectivity index (χ3v) is 2.25. The zero-order valence-electron chi connectivity index (χ0n) is 7.66. The summed E-state index contributed by atoms with van der Waals surface area (Å²) in [5.74, 6) is 1.14. The molecule has 2 heterocycles. The largest absolute Gasteiger partial charge is 0.381 e. The van der Waals surface area contributed by atoms with E-state index in [4.69, 9.17) is 4.74 Å². The number of hydrogen-bond donors (Lipinski definition) is 1. The molecule has 1 aromatic rings. The monoisotopic (exact) mass is 179 g/mol. The van der Waals surface area contributed by atoms with E-state index < -0.39 is 0 Å². The molecule has 0 saturated carbocycles. The summed E-state index contributed by atoms with van der Waals surface area (Å²) < 4.78 is 5.30. The molecule has 4 nitrogen and oxygen atoms in total. The maximum absolute atomic E-state index is 5.30. The van der Waals surface area contributed by atoms with Gasteiger partial charge in [0.05, 0.1) is 12.3 Å². The van der Waals surface area contributed by atoms with E-state index >= 15 is 0 Å². The van der Waals surface area contributed by atoms with E-state index in [9.17, 15) is 0 Å². The minimum absolute atomic E-state index is 0.454. The van der Waals surface area contributed by atoms with Crippen LogP contribution in [0.15, 0.2) is 12.3 Å². The highest BCUT2D eigenvalue weighted by Crippen LogP contribution is 2.23. The van der Waals surface area contributed by atoms with Gasteiger partial charge in [0.1, 0.15) is 0 Å². The number of nitrogens with one attached hydrogen (secondary N) is 1. The first-order chi connectivity index (χ1) is 6.40. The summed E-state index contributed by atoms with van der Waals surface area (Å²) in [6, 6.07) is 1.96. The van der Waals surface area contributed by atoms with Crippen molar-refractivity contribution in [1.82, 2.24) is 9.97 Å². The van der Waals surface area contributed by atoms with Crippen molar-refractivity contribution in [3.8, 4) is 0 Å². The summed E-state index contributed by atoms with van der Waals surface area (Å²) in [6.07, 6.45) is 2.85. The first-order valence-electron chi connectivity index (χ1n) is 4.48. The minimum Gasteiger partial charge on any atom is -0.381 e. The number of anilines is 1. The molecule has 0 bridgehead atoms. The van der Waals surface area contributed by atoms with Crippen molar-refractivity contribution in [1.29, 1.82) is 0 Å². The highest BCUT2D eigenvalue weighted by molar-refractivity contribution is 5.25. The van der Waals surface area contributed by atoms with Gasteiger partial charge in [0.25, 0.3) is 0 Å². The van der Waals surface area contributed by atoms with Crippen LogP contribution >= 0.6 is 0 Å². The van der Waals surface area contributed by atoms with Crippen LogP contribution in [0.5, 0.6) is 0 Å². The molecular formula is C9H13N3O. The smallest absolute Gasteiger partial charge is 0.222 e. The summed E-state index contributed by atoms with van der Waals surface area (Å²) >= 11 is 0. The van der Waals surface area contributed by atoms with Gasteiger partial charge in [-0.2, -0.15) is 0 Å². The van der Waals surface area contributed by atoms with Gasteiger partial charge in [-0.1, -0.05) is 0 Å². The van der Waals surface area contributed by atoms with Gasteiger partial charge in [0.15, 0.2) is 0 Å². The average molecular weight is 179 g/mol. The van der Waals surface area contributed by atoms with E-state index in [0.717, 1.165) is 25.3 Å². The molecule has 4 heteroatoms. The van der Waals surface area contributed by atoms with Crippen molar-refractivity contribution in [3.05, 3.63) is 18.0 Å². The maximum atomic E-state index is 5.30. The number of nitrogens with zero attached hydrogens (tertiary/aromatic N) is 2. The molecule has 0 aromatic carbocycles. The third-order valence-electron chi connectivity index (χ3n) is 2.25. The van der Waals surface area contributed by atoms with Gasteiger partial charge in [0, 0.05) is 25.8 Å². The molecule has 1 aliphatic rings. The van der Waals surface area contributed by atoms with Crippen LogP contribution in [0.4, 0.5) is 5.95 Å². The molecule has 1 unspecified atom stereocenters. The fourth-order valence-electron chi connectivity index (χ4n) is 1.49. The van der Waals surface area contributed by atoms with Crippen LogP contribution in [0.1, 0.15) is 18.0 Å². The molecular weight excluding hydrogens is 166 g/mol. The lowest BCUT2D eigenvalue weighted by Crippen LogP contribution is -2.04. The second-order valence-corrected chi connectivity index (χ2v) is 3.12. The van der Waals surface area contributed by atoms with Crippen LogP contribution in [0, 0.1) is 0 Å². The van der Waals surface area contributed by atoms with Crippen LogP contribution < -0.4 is 5.32 Å². The predicted molar refractivity (Wildman–Crippen MR) is 49.8 cm³/mol. The van der Waals surface area contributed by atoms with Gasteiger partial charge >= 0.3 is 0 Å². The van der Waals surface area contributed by atoms with E-state index in [0.29, 0.717) is 11.9 Å². The lowest BCUT2D eigenvalue weighted by Gasteiger charge is -2.07. The standard InChI is InChI=1S/C9H13N3O/c1-10-9-11-4-2-8(12-9)7-3-5-13-6-7/h2,4,7H,3,5-6H2,1H3,(H,10,11,12). The molecule has 13 heavy (non-hydrogen) atoms. The van der Waals surface area contributed by atoms with Crippen molar-refractivity contribution in [2.24, 2.45) is 0 Å². The van der Waals surface area contributed by atoms with Crippen LogP contribution in [-0.2, 0) is 4.74 Å². The fraction of sp³-hybridized carbons (Fsp3) is 0.556. The molecule has 1 saturated heterocycles. The summed E-state index contributed by atoms with van der Waals surface area (Å²) in [6.45, 7) is 1.64. The molecule has 1 fully saturated rings. The summed E-state index contributed by atoms with van der Waals surface area (Å²) in [5.41, 5.74) is 1.08. The Labute approximate surface area is 77.4 Å². The van der Waals surface area contributed by atoms with Gasteiger partial charge in [-0.25, -0.2) is 9.97 Å². The van der Waals surface area contributed by atoms with Gasteiger partial charge in [-0.3, -0.25) is 0 Å². The quantitative estimate of drug-likeness (QED) is 0.736. The Morgan fingerprint density at radius 2 is 2.54 bits per heavy atom. The van der Waals surface area contributed by atoms with Crippen LogP contribution in [0.3, 0.4) is 0 Å². The number of aromatic nitrogens is 2. The van der Waals surface area contributed by atoms with Gasteiger partial charge in [-0.15, -0.1) is 0 Å². The maximum Gasteiger partial charge on any atom is 0.222 e. The van der Waals surface area contributed by atoms with E-state index in [1.165, 1.54) is 0 Å². The third kappa shape index (κ3) is 1.78. The Balaban J connectivity index is 2.18. The SMILES string of the molecule is CNc1nccc(C2CCOC2)n1.